The Morgan fingerprint density at radius 1 is 1.09 bits per heavy atom. The molecule has 1 heterocycles. The number of carbonyl (C=O) groups excluding carboxylic acids is 1. The molecule has 1 saturated heterocycles. The molecule has 0 aliphatic carbocycles. The van der Waals surface area contributed by atoms with E-state index in [1.165, 1.54) is 16.4 Å². The van der Waals surface area contributed by atoms with Gasteiger partial charge in [0.1, 0.15) is 11.7 Å². The molecule has 2 aromatic rings. The van der Waals surface area contributed by atoms with E-state index in [-0.39, 0.29) is 23.7 Å². The zero-order valence-corrected chi connectivity index (χ0v) is 19.6. The van der Waals surface area contributed by atoms with Gasteiger partial charge in [-0.15, -0.1) is 0 Å². The van der Waals surface area contributed by atoms with Crippen LogP contribution in [0.3, 0.4) is 0 Å². The van der Waals surface area contributed by atoms with Crippen LogP contribution < -0.4 is 10.6 Å². The number of rotatable bonds is 9. The molecule has 0 spiro atoms. The van der Waals surface area contributed by atoms with E-state index in [2.05, 4.69) is 0 Å². The molecule has 1 unspecified atom stereocenters. The Labute approximate surface area is 193 Å². The Balaban J connectivity index is 1.84. The molecule has 0 aromatic heterocycles. The number of benzene rings is 2. The highest BCUT2D eigenvalue weighted by Crippen LogP contribution is 2.33. The van der Waals surface area contributed by atoms with E-state index in [0.717, 1.165) is 11.6 Å². The number of nitro groups is 1. The maximum atomic E-state index is 12.8. The molecule has 1 aliphatic heterocycles. The maximum Gasteiger partial charge on any atom is 0.293 e. The van der Waals surface area contributed by atoms with Crippen LogP contribution in [0.15, 0.2) is 53.4 Å². The highest BCUT2D eigenvalue weighted by Gasteiger charge is 2.32. The van der Waals surface area contributed by atoms with Gasteiger partial charge in [0.05, 0.1) is 9.82 Å². The van der Waals surface area contributed by atoms with Crippen molar-refractivity contribution in [2.75, 3.05) is 44.2 Å². The fourth-order valence-corrected chi connectivity index (χ4v) is 5.68. The lowest BCUT2D eigenvalue weighted by molar-refractivity contribution is -0.384. The fraction of sp³-hybridized carbons (Fsp3) is 0.409. The molecule has 33 heavy (non-hydrogen) atoms. The molecule has 1 atom stereocenters. The molecule has 3 rings (SSSR count). The van der Waals surface area contributed by atoms with Gasteiger partial charge in [-0.3, -0.25) is 19.8 Å². The zero-order valence-electron chi connectivity index (χ0n) is 18.8. The smallest absolute Gasteiger partial charge is 0.293 e. The van der Waals surface area contributed by atoms with Crippen LogP contribution in [0.2, 0.25) is 0 Å². The van der Waals surface area contributed by atoms with Crippen molar-refractivity contribution in [3.05, 3.63) is 64.2 Å². The lowest BCUT2D eigenvalue weighted by Gasteiger charge is -2.39. The number of carbonyl (C=O) groups is 1. The van der Waals surface area contributed by atoms with Gasteiger partial charge in [0.15, 0.2) is 0 Å². The molecular weight excluding hydrogens is 446 g/mol. The molecule has 11 heteroatoms. The van der Waals surface area contributed by atoms with Crippen LogP contribution in [-0.4, -0.2) is 67.7 Å². The summed E-state index contributed by atoms with van der Waals surface area (Å²) < 4.78 is 26.9. The number of anilines is 1. The molecule has 1 amide bonds. The topological polar surface area (TPSA) is 130 Å². The summed E-state index contributed by atoms with van der Waals surface area (Å²) in [5, 5.41) is 11.8. The van der Waals surface area contributed by atoms with Crippen molar-refractivity contribution < 1.29 is 18.1 Å². The number of hydrogen-bond donors (Lipinski definition) is 1. The molecule has 178 valence electrons. The minimum absolute atomic E-state index is 0.0989. The number of primary amides is 1. The molecule has 0 radical (unpaired) electrons. The Morgan fingerprint density at radius 2 is 1.70 bits per heavy atom. The highest BCUT2D eigenvalue weighted by molar-refractivity contribution is 7.89. The first-order chi connectivity index (χ1) is 15.7. The van der Waals surface area contributed by atoms with E-state index in [9.17, 15) is 23.3 Å². The standard InChI is InChI=1S/C22H29N5O5S/c1-3-26(4-2)33(31,32)18-10-11-19(20(16-18)27(29)30)24-12-14-25(15-13-24)21(22(23)28)17-8-6-5-7-9-17/h5-11,16,21H,3-4,12-15H2,1-2H3,(H2,23,28). The average Bonchev–Trinajstić information content (AvgIpc) is 2.80. The summed E-state index contributed by atoms with van der Waals surface area (Å²) in [5.41, 5.74) is 6.57. The van der Waals surface area contributed by atoms with Crippen molar-refractivity contribution in [1.29, 1.82) is 0 Å². The predicted molar refractivity (Wildman–Crippen MR) is 125 cm³/mol. The SMILES string of the molecule is CCN(CC)S(=O)(=O)c1ccc(N2CCN(C(C(N)=O)c3ccccc3)CC2)c([N+](=O)[O-])c1. The monoisotopic (exact) mass is 475 g/mol. The largest absolute Gasteiger partial charge is 0.368 e. The summed E-state index contributed by atoms with van der Waals surface area (Å²) in [6.45, 7) is 5.80. The third-order valence-electron chi connectivity index (χ3n) is 5.89. The van der Waals surface area contributed by atoms with Gasteiger partial charge in [-0.2, -0.15) is 4.31 Å². The molecule has 1 fully saturated rings. The van der Waals surface area contributed by atoms with Crippen LogP contribution in [-0.2, 0) is 14.8 Å². The minimum Gasteiger partial charge on any atom is -0.368 e. The molecule has 10 nitrogen and oxygen atoms in total. The van der Waals surface area contributed by atoms with E-state index < -0.39 is 26.9 Å². The van der Waals surface area contributed by atoms with Crippen LogP contribution in [0.5, 0.6) is 0 Å². The Hall–Kier alpha value is -3.02. The van der Waals surface area contributed by atoms with Crippen LogP contribution in [0.4, 0.5) is 11.4 Å². The number of nitro benzene ring substituents is 1. The van der Waals surface area contributed by atoms with Gasteiger partial charge in [0, 0.05) is 45.3 Å². The van der Waals surface area contributed by atoms with Crippen molar-refractivity contribution >= 4 is 27.3 Å². The van der Waals surface area contributed by atoms with Gasteiger partial charge in [-0.25, -0.2) is 8.42 Å². The second-order valence-corrected chi connectivity index (χ2v) is 9.67. The second-order valence-electron chi connectivity index (χ2n) is 7.74. The number of amides is 1. The number of piperazine rings is 1. The summed E-state index contributed by atoms with van der Waals surface area (Å²) in [6, 6.07) is 12.7. The van der Waals surface area contributed by atoms with Gasteiger partial charge >= 0.3 is 0 Å². The summed E-state index contributed by atoms with van der Waals surface area (Å²) in [6.07, 6.45) is 0. The molecular formula is C22H29N5O5S. The first-order valence-electron chi connectivity index (χ1n) is 10.8. The number of sulfonamides is 1. The van der Waals surface area contributed by atoms with Gasteiger partial charge in [0.25, 0.3) is 5.69 Å². The first kappa shape index (κ1) is 24.6. The average molecular weight is 476 g/mol. The van der Waals surface area contributed by atoms with Crippen molar-refractivity contribution in [3.8, 4) is 0 Å². The van der Waals surface area contributed by atoms with Crippen LogP contribution in [0.25, 0.3) is 0 Å². The predicted octanol–water partition coefficient (Wildman–Crippen LogP) is 1.97. The van der Waals surface area contributed by atoms with E-state index >= 15 is 0 Å². The normalized spacial score (nSPS) is 16.0. The van der Waals surface area contributed by atoms with Crippen molar-refractivity contribution in [1.82, 2.24) is 9.21 Å². The molecule has 1 aliphatic rings. The molecule has 2 N–H and O–H groups in total. The van der Waals surface area contributed by atoms with E-state index in [1.54, 1.807) is 13.8 Å². The second kappa shape index (κ2) is 10.3. The van der Waals surface area contributed by atoms with Crippen molar-refractivity contribution in [2.24, 2.45) is 5.73 Å². The van der Waals surface area contributed by atoms with Gasteiger partial charge in [0.2, 0.25) is 15.9 Å². The van der Waals surface area contributed by atoms with Gasteiger partial charge in [-0.05, 0) is 17.7 Å². The Morgan fingerprint density at radius 3 is 2.21 bits per heavy atom. The molecule has 2 aromatic carbocycles. The Kier molecular flexibility index (Phi) is 7.67. The van der Waals surface area contributed by atoms with Crippen molar-refractivity contribution in [3.63, 3.8) is 0 Å². The van der Waals surface area contributed by atoms with Crippen LogP contribution in [0, 0.1) is 10.1 Å². The third kappa shape index (κ3) is 5.15. The summed E-state index contributed by atoms with van der Waals surface area (Å²) in [7, 11) is -3.81. The van der Waals surface area contributed by atoms with Gasteiger partial charge in [-0.1, -0.05) is 44.2 Å². The fourth-order valence-electron chi connectivity index (χ4n) is 4.20. The minimum atomic E-state index is -3.81. The van der Waals surface area contributed by atoms with E-state index in [4.69, 9.17) is 5.73 Å². The summed E-state index contributed by atoms with van der Waals surface area (Å²) in [4.78, 5) is 27.1. The van der Waals surface area contributed by atoms with E-state index in [0.29, 0.717) is 31.9 Å². The number of nitrogens with two attached hydrogens (primary N) is 1. The van der Waals surface area contributed by atoms with Crippen LogP contribution >= 0.6 is 0 Å². The van der Waals surface area contributed by atoms with Gasteiger partial charge < -0.3 is 10.6 Å². The summed E-state index contributed by atoms with van der Waals surface area (Å²) in [5.74, 6) is -0.452. The Bertz CT molecular complexity index is 1100. The lowest BCUT2D eigenvalue weighted by atomic mass is 10.0. The maximum absolute atomic E-state index is 12.8. The van der Waals surface area contributed by atoms with E-state index in [1.807, 2.05) is 40.1 Å². The number of nitrogens with zero attached hydrogens (tertiary/aromatic N) is 4. The third-order valence-corrected chi connectivity index (χ3v) is 7.94. The van der Waals surface area contributed by atoms with Crippen LogP contribution in [0.1, 0.15) is 25.5 Å². The zero-order chi connectivity index (χ0) is 24.2. The quantitative estimate of drug-likeness (QED) is 0.433. The number of hydrogen-bond acceptors (Lipinski definition) is 7. The van der Waals surface area contributed by atoms with Crippen molar-refractivity contribution in [2.45, 2.75) is 24.8 Å². The summed E-state index contributed by atoms with van der Waals surface area (Å²) >= 11 is 0. The molecule has 0 saturated carbocycles. The lowest BCUT2D eigenvalue weighted by Crippen LogP contribution is -2.50. The molecule has 0 bridgehead atoms. The first-order valence-corrected chi connectivity index (χ1v) is 12.3. The highest BCUT2D eigenvalue weighted by atomic mass is 32.2.